The zero-order valence-electron chi connectivity index (χ0n) is 10.7. The number of carbonyl (C=O) groups is 2. The van der Waals surface area contributed by atoms with Gasteiger partial charge in [-0.2, -0.15) is 0 Å². The number of likely N-dealkylation sites (N-methyl/N-ethyl adjacent to an activating group) is 1. The van der Waals surface area contributed by atoms with E-state index < -0.39 is 11.9 Å². The van der Waals surface area contributed by atoms with Gasteiger partial charge in [-0.15, -0.1) is 0 Å². The molecule has 0 radical (unpaired) electrons. The van der Waals surface area contributed by atoms with Gasteiger partial charge in [-0.1, -0.05) is 0 Å². The van der Waals surface area contributed by atoms with E-state index in [0.29, 0.717) is 26.2 Å². The third-order valence-electron chi connectivity index (χ3n) is 3.88. The summed E-state index contributed by atoms with van der Waals surface area (Å²) in [6.07, 6.45) is 2.57. The second-order valence-electron chi connectivity index (χ2n) is 4.98. The predicted octanol–water partition coefficient (Wildman–Crippen LogP) is -0.913. The molecule has 2 amide bonds. The average Bonchev–Trinajstić information content (AvgIpc) is 2.86. The van der Waals surface area contributed by atoms with E-state index in [9.17, 15) is 9.59 Å². The van der Waals surface area contributed by atoms with Crippen LogP contribution in [-0.4, -0.2) is 55.6 Å². The molecule has 3 atom stereocenters. The molecule has 2 saturated heterocycles. The molecule has 3 N–H and O–H groups in total. The number of hydrogen-bond acceptors (Lipinski definition) is 4. The monoisotopic (exact) mass is 255 g/mol. The zero-order valence-corrected chi connectivity index (χ0v) is 10.7. The minimum Gasteiger partial charge on any atom is -0.379 e. The number of hydrogen-bond donors (Lipinski definition) is 2. The summed E-state index contributed by atoms with van der Waals surface area (Å²) < 4.78 is 5.34. The van der Waals surface area contributed by atoms with Crippen molar-refractivity contribution >= 4 is 11.8 Å². The molecule has 0 aromatic rings. The van der Waals surface area contributed by atoms with Crippen molar-refractivity contribution in [3.05, 3.63) is 0 Å². The van der Waals surface area contributed by atoms with Crippen LogP contribution in [0.2, 0.25) is 0 Å². The van der Waals surface area contributed by atoms with Crippen molar-refractivity contribution in [1.82, 2.24) is 10.2 Å². The van der Waals surface area contributed by atoms with Crippen LogP contribution in [0.3, 0.4) is 0 Å². The maximum Gasteiger partial charge on any atom is 0.240 e. The lowest BCUT2D eigenvalue weighted by Gasteiger charge is -2.36. The first-order valence-electron chi connectivity index (χ1n) is 6.50. The summed E-state index contributed by atoms with van der Waals surface area (Å²) in [5.41, 5.74) is 5.38. The Morgan fingerprint density at radius 2 is 2.11 bits per heavy atom. The van der Waals surface area contributed by atoms with Gasteiger partial charge in [-0.3, -0.25) is 9.59 Å². The number of nitrogens with zero attached hydrogens (tertiary/aromatic N) is 1. The fourth-order valence-electron chi connectivity index (χ4n) is 2.79. The van der Waals surface area contributed by atoms with E-state index in [0.717, 1.165) is 12.8 Å². The molecule has 102 valence electrons. The second-order valence-corrected chi connectivity index (χ2v) is 4.98. The Kier molecular flexibility index (Phi) is 4.19. The van der Waals surface area contributed by atoms with Crippen LogP contribution in [0.4, 0.5) is 0 Å². The molecular weight excluding hydrogens is 234 g/mol. The topological polar surface area (TPSA) is 84.7 Å². The highest BCUT2D eigenvalue weighted by Gasteiger charge is 2.39. The predicted molar refractivity (Wildman–Crippen MR) is 65.7 cm³/mol. The smallest absolute Gasteiger partial charge is 0.240 e. The van der Waals surface area contributed by atoms with Crippen molar-refractivity contribution in [2.24, 2.45) is 11.7 Å². The van der Waals surface area contributed by atoms with Crippen molar-refractivity contribution in [1.29, 1.82) is 0 Å². The Morgan fingerprint density at radius 3 is 2.78 bits per heavy atom. The van der Waals surface area contributed by atoms with Crippen LogP contribution in [0.1, 0.15) is 19.3 Å². The molecule has 0 aromatic carbocycles. The second kappa shape index (κ2) is 5.67. The van der Waals surface area contributed by atoms with Crippen molar-refractivity contribution in [3.8, 4) is 0 Å². The van der Waals surface area contributed by atoms with Gasteiger partial charge in [0.05, 0.1) is 19.1 Å². The third kappa shape index (κ3) is 2.49. The number of nitrogens with one attached hydrogen (secondary N) is 1. The van der Waals surface area contributed by atoms with Gasteiger partial charge >= 0.3 is 0 Å². The molecule has 0 aromatic heterocycles. The molecule has 2 aliphatic heterocycles. The van der Waals surface area contributed by atoms with E-state index in [2.05, 4.69) is 5.32 Å². The van der Waals surface area contributed by atoms with Gasteiger partial charge in [-0.25, -0.2) is 0 Å². The molecule has 0 aliphatic carbocycles. The molecule has 2 aliphatic rings. The number of piperidine rings is 1. The highest BCUT2D eigenvalue weighted by atomic mass is 16.5. The number of likely N-dealkylation sites (tertiary alicyclic amines) is 1. The number of primary amides is 1. The molecule has 0 saturated carbocycles. The minimum atomic E-state index is -0.440. The lowest BCUT2D eigenvalue weighted by Crippen LogP contribution is -2.54. The van der Waals surface area contributed by atoms with Crippen molar-refractivity contribution in [3.63, 3.8) is 0 Å². The third-order valence-corrected chi connectivity index (χ3v) is 3.88. The fourth-order valence-corrected chi connectivity index (χ4v) is 2.79. The van der Waals surface area contributed by atoms with Crippen molar-refractivity contribution < 1.29 is 14.3 Å². The maximum absolute atomic E-state index is 12.5. The van der Waals surface area contributed by atoms with Crippen LogP contribution in [0.25, 0.3) is 0 Å². The molecule has 2 rings (SSSR count). The van der Waals surface area contributed by atoms with Gasteiger partial charge in [-0.05, 0) is 26.3 Å². The number of amides is 2. The van der Waals surface area contributed by atoms with E-state index >= 15 is 0 Å². The first-order valence-corrected chi connectivity index (χ1v) is 6.50. The molecule has 3 unspecified atom stereocenters. The van der Waals surface area contributed by atoms with Crippen molar-refractivity contribution in [2.45, 2.75) is 31.3 Å². The Balaban J connectivity index is 2.08. The standard InChI is InChI=1S/C12H21N3O3/c1-14-9-7-18-6-8(9)12(17)15-5-3-2-4-10(15)11(13)16/h8-10,14H,2-7H2,1H3,(H2,13,16). The lowest BCUT2D eigenvalue weighted by atomic mass is 9.96. The normalized spacial score (nSPS) is 32.5. The van der Waals surface area contributed by atoms with Gasteiger partial charge in [0.15, 0.2) is 0 Å². The average molecular weight is 255 g/mol. The van der Waals surface area contributed by atoms with Gasteiger partial charge in [0.2, 0.25) is 11.8 Å². The summed E-state index contributed by atoms with van der Waals surface area (Å²) in [6.45, 7) is 1.59. The largest absolute Gasteiger partial charge is 0.379 e. The summed E-state index contributed by atoms with van der Waals surface area (Å²) in [7, 11) is 1.82. The lowest BCUT2D eigenvalue weighted by molar-refractivity contribution is -0.144. The highest BCUT2D eigenvalue weighted by molar-refractivity contribution is 5.88. The van der Waals surface area contributed by atoms with Crippen LogP contribution < -0.4 is 11.1 Å². The molecule has 0 spiro atoms. The van der Waals surface area contributed by atoms with Crippen LogP contribution in [0.5, 0.6) is 0 Å². The summed E-state index contributed by atoms with van der Waals surface area (Å²) in [6, 6.07) is -0.405. The maximum atomic E-state index is 12.5. The van der Waals surface area contributed by atoms with Crippen LogP contribution in [0.15, 0.2) is 0 Å². The molecule has 6 heteroatoms. The van der Waals surface area contributed by atoms with Crippen LogP contribution in [-0.2, 0) is 14.3 Å². The summed E-state index contributed by atoms with van der Waals surface area (Å²) in [4.78, 5) is 25.5. The quantitative estimate of drug-likeness (QED) is 0.683. The van der Waals surface area contributed by atoms with E-state index in [4.69, 9.17) is 10.5 Å². The molecular formula is C12H21N3O3. The summed E-state index contributed by atoms with van der Waals surface area (Å²) >= 11 is 0. The summed E-state index contributed by atoms with van der Waals surface area (Å²) in [5.74, 6) is -0.603. The number of ether oxygens (including phenoxy) is 1. The van der Waals surface area contributed by atoms with Crippen LogP contribution in [0, 0.1) is 5.92 Å². The van der Waals surface area contributed by atoms with Crippen LogP contribution >= 0.6 is 0 Å². The zero-order chi connectivity index (χ0) is 13.1. The Hall–Kier alpha value is -1.14. The fraction of sp³-hybridized carbons (Fsp3) is 0.833. The number of rotatable bonds is 3. The van der Waals surface area contributed by atoms with Gasteiger partial charge in [0.1, 0.15) is 6.04 Å². The van der Waals surface area contributed by atoms with Crippen molar-refractivity contribution in [2.75, 3.05) is 26.8 Å². The first-order chi connectivity index (χ1) is 8.65. The van der Waals surface area contributed by atoms with E-state index in [1.54, 1.807) is 4.90 Å². The highest BCUT2D eigenvalue weighted by Crippen LogP contribution is 2.23. The Bertz CT molecular complexity index is 335. The SMILES string of the molecule is CNC1COCC1C(=O)N1CCCCC1C(N)=O. The van der Waals surface area contributed by atoms with Gasteiger partial charge < -0.3 is 20.7 Å². The number of nitrogens with two attached hydrogens (primary N) is 1. The molecule has 2 fully saturated rings. The number of carbonyl (C=O) groups excluding carboxylic acids is 2. The van der Waals surface area contributed by atoms with E-state index in [1.807, 2.05) is 7.05 Å². The first kappa shape index (κ1) is 13.3. The van der Waals surface area contributed by atoms with Gasteiger partial charge in [0, 0.05) is 12.6 Å². The summed E-state index contributed by atoms with van der Waals surface area (Å²) in [5, 5.41) is 3.09. The molecule has 6 nitrogen and oxygen atoms in total. The molecule has 2 heterocycles. The Labute approximate surface area is 107 Å². The molecule has 0 bridgehead atoms. The van der Waals surface area contributed by atoms with E-state index in [1.165, 1.54) is 0 Å². The molecule has 18 heavy (non-hydrogen) atoms. The van der Waals surface area contributed by atoms with E-state index in [-0.39, 0.29) is 17.9 Å². The Morgan fingerprint density at radius 1 is 1.33 bits per heavy atom. The minimum absolute atomic E-state index is 0.00431. The van der Waals surface area contributed by atoms with Gasteiger partial charge in [0.25, 0.3) is 0 Å².